The molecule has 1 rings (SSSR count). The lowest BCUT2D eigenvalue weighted by Crippen LogP contribution is -2.02. The molecule has 0 aliphatic carbocycles. The molecule has 64 valence electrons. The van der Waals surface area contributed by atoms with Gasteiger partial charge in [-0.1, -0.05) is 0 Å². The van der Waals surface area contributed by atoms with Crippen molar-refractivity contribution in [2.75, 3.05) is 0 Å². The first-order valence-electron chi connectivity index (χ1n) is 3.42. The maximum absolute atomic E-state index is 10.4. The number of carboxylic acids is 1. The van der Waals surface area contributed by atoms with Crippen LogP contribution in [0.3, 0.4) is 0 Å². The molecular weight excluding hydrogens is 222 g/mol. The van der Waals surface area contributed by atoms with Crippen LogP contribution in [0.5, 0.6) is 0 Å². The Bertz CT molecular complexity index is 312. The molecule has 0 atom stereocenters. The first-order valence-corrected chi connectivity index (χ1v) is 4.21. The predicted molar refractivity (Wildman–Crippen MR) is 48.0 cm³/mol. The number of aliphatic carboxylic acids is 1. The number of carboxylic acid groups (broad SMARTS) is 1. The molecule has 12 heavy (non-hydrogen) atoms. The van der Waals surface area contributed by atoms with Gasteiger partial charge < -0.3 is 5.11 Å². The van der Waals surface area contributed by atoms with Crippen LogP contribution in [0.2, 0.25) is 0 Å². The van der Waals surface area contributed by atoms with Crippen LogP contribution in [0.15, 0.2) is 16.9 Å². The van der Waals surface area contributed by atoms with Gasteiger partial charge in [-0.25, -0.2) is 4.98 Å². The summed E-state index contributed by atoms with van der Waals surface area (Å²) in [6, 6.07) is 1.80. The zero-order valence-corrected chi connectivity index (χ0v) is 8.13. The average Bonchev–Trinajstić information content (AvgIpc) is 1.94. The first kappa shape index (κ1) is 9.19. The first-order chi connectivity index (χ1) is 5.59. The Hall–Kier alpha value is -0.900. The molecule has 0 saturated carbocycles. The van der Waals surface area contributed by atoms with Gasteiger partial charge in [-0.3, -0.25) is 4.79 Å². The molecule has 0 fully saturated rings. The maximum Gasteiger partial charge on any atom is 0.307 e. The summed E-state index contributed by atoms with van der Waals surface area (Å²) in [6.07, 6.45) is 1.61. The molecule has 0 amide bonds. The Labute approximate surface area is 78.6 Å². The van der Waals surface area contributed by atoms with Gasteiger partial charge in [0, 0.05) is 6.20 Å². The van der Waals surface area contributed by atoms with E-state index in [0.717, 1.165) is 15.7 Å². The van der Waals surface area contributed by atoms with Gasteiger partial charge in [-0.15, -0.1) is 0 Å². The van der Waals surface area contributed by atoms with Gasteiger partial charge in [0.15, 0.2) is 0 Å². The lowest BCUT2D eigenvalue weighted by atomic mass is 10.1. The highest BCUT2D eigenvalue weighted by atomic mass is 79.9. The Morgan fingerprint density at radius 1 is 1.75 bits per heavy atom. The third kappa shape index (κ3) is 2.30. The maximum atomic E-state index is 10.4. The molecule has 0 spiro atoms. The average molecular weight is 230 g/mol. The summed E-state index contributed by atoms with van der Waals surface area (Å²) in [5.74, 6) is -0.831. The number of halogens is 1. The molecule has 0 aliphatic heterocycles. The monoisotopic (exact) mass is 229 g/mol. The molecular formula is C8H8BrNO2. The van der Waals surface area contributed by atoms with Crippen molar-refractivity contribution in [2.24, 2.45) is 0 Å². The lowest BCUT2D eigenvalue weighted by molar-refractivity contribution is -0.136. The molecule has 1 aromatic heterocycles. The summed E-state index contributed by atoms with van der Waals surface area (Å²) in [7, 11) is 0. The Morgan fingerprint density at radius 2 is 2.42 bits per heavy atom. The van der Waals surface area contributed by atoms with Gasteiger partial charge in [-0.05, 0) is 40.0 Å². The number of carbonyl (C=O) groups is 1. The normalized spacial score (nSPS) is 9.83. The quantitative estimate of drug-likeness (QED) is 0.787. The second-order valence-corrected chi connectivity index (χ2v) is 3.32. The number of hydrogen-bond acceptors (Lipinski definition) is 2. The summed E-state index contributed by atoms with van der Waals surface area (Å²) >= 11 is 3.20. The van der Waals surface area contributed by atoms with Crippen molar-refractivity contribution in [1.82, 2.24) is 4.98 Å². The van der Waals surface area contributed by atoms with Crippen LogP contribution >= 0.6 is 15.9 Å². The minimum Gasteiger partial charge on any atom is -0.481 e. The van der Waals surface area contributed by atoms with Crippen LogP contribution in [-0.2, 0) is 11.2 Å². The highest BCUT2D eigenvalue weighted by molar-refractivity contribution is 9.10. The van der Waals surface area contributed by atoms with Gasteiger partial charge in [0.25, 0.3) is 0 Å². The fraction of sp³-hybridized carbons (Fsp3) is 0.250. The highest BCUT2D eigenvalue weighted by Gasteiger charge is 2.04. The minimum atomic E-state index is -0.831. The van der Waals surface area contributed by atoms with E-state index in [1.165, 1.54) is 0 Å². The van der Waals surface area contributed by atoms with E-state index < -0.39 is 5.97 Å². The molecule has 1 heterocycles. The molecule has 4 heteroatoms. The van der Waals surface area contributed by atoms with Crippen molar-refractivity contribution in [2.45, 2.75) is 13.3 Å². The van der Waals surface area contributed by atoms with Gasteiger partial charge in [0.1, 0.15) is 4.60 Å². The zero-order valence-electron chi connectivity index (χ0n) is 6.54. The van der Waals surface area contributed by atoms with E-state index in [1.807, 2.05) is 6.92 Å². The van der Waals surface area contributed by atoms with Crippen molar-refractivity contribution in [1.29, 1.82) is 0 Å². The number of rotatable bonds is 2. The number of aryl methyl sites for hydroxylation is 1. The molecule has 0 saturated heterocycles. The van der Waals surface area contributed by atoms with E-state index in [0.29, 0.717) is 0 Å². The summed E-state index contributed by atoms with van der Waals surface area (Å²) in [5, 5.41) is 8.52. The Kier molecular flexibility index (Phi) is 2.81. The number of pyridine rings is 1. The number of hydrogen-bond donors (Lipinski definition) is 1. The number of nitrogens with zero attached hydrogens (tertiary/aromatic N) is 1. The fourth-order valence-corrected chi connectivity index (χ4v) is 1.34. The SMILES string of the molecule is Cc1cc(Br)ncc1CC(=O)O. The third-order valence-electron chi connectivity index (χ3n) is 1.53. The molecule has 0 aromatic carbocycles. The van der Waals surface area contributed by atoms with Crippen LogP contribution in [0.25, 0.3) is 0 Å². The molecule has 1 N–H and O–H groups in total. The van der Waals surface area contributed by atoms with E-state index >= 15 is 0 Å². The molecule has 1 aromatic rings. The summed E-state index contributed by atoms with van der Waals surface area (Å²) in [6.45, 7) is 1.87. The van der Waals surface area contributed by atoms with Crippen LogP contribution in [0.4, 0.5) is 0 Å². The van der Waals surface area contributed by atoms with Crippen molar-refractivity contribution in [3.8, 4) is 0 Å². The van der Waals surface area contributed by atoms with E-state index in [1.54, 1.807) is 12.3 Å². The largest absolute Gasteiger partial charge is 0.481 e. The number of aromatic nitrogens is 1. The van der Waals surface area contributed by atoms with Crippen molar-refractivity contribution >= 4 is 21.9 Å². The smallest absolute Gasteiger partial charge is 0.307 e. The lowest BCUT2D eigenvalue weighted by Gasteiger charge is -2.01. The van der Waals surface area contributed by atoms with Crippen LogP contribution in [0, 0.1) is 6.92 Å². The zero-order chi connectivity index (χ0) is 9.14. The van der Waals surface area contributed by atoms with Gasteiger partial charge in [0.05, 0.1) is 6.42 Å². The van der Waals surface area contributed by atoms with Crippen molar-refractivity contribution < 1.29 is 9.90 Å². The van der Waals surface area contributed by atoms with Crippen molar-refractivity contribution in [3.63, 3.8) is 0 Å². The summed E-state index contributed by atoms with van der Waals surface area (Å²) in [5.41, 5.74) is 1.70. The minimum absolute atomic E-state index is 0.0338. The topological polar surface area (TPSA) is 50.2 Å². The highest BCUT2D eigenvalue weighted by Crippen LogP contribution is 2.12. The Morgan fingerprint density at radius 3 is 2.92 bits per heavy atom. The van der Waals surface area contributed by atoms with Crippen molar-refractivity contribution in [3.05, 3.63) is 28.0 Å². The second kappa shape index (κ2) is 3.67. The van der Waals surface area contributed by atoms with Crippen LogP contribution in [-0.4, -0.2) is 16.1 Å². The molecule has 0 aliphatic rings. The molecule has 0 radical (unpaired) electrons. The van der Waals surface area contributed by atoms with Crippen LogP contribution < -0.4 is 0 Å². The molecule has 0 bridgehead atoms. The van der Waals surface area contributed by atoms with Gasteiger partial charge in [-0.2, -0.15) is 0 Å². The summed E-state index contributed by atoms with van der Waals surface area (Å²) < 4.78 is 0.731. The van der Waals surface area contributed by atoms with E-state index in [4.69, 9.17) is 5.11 Å². The Balaban J connectivity index is 2.93. The van der Waals surface area contributed by atoms with E-state index in [2.05, 4.69) is 20.9 Å². The second-order valence-electron chi connectivity index (χ2n) is 2.50. The van der Waals surface area contributed by atoms with Gasteiger partial charge >= 0.3 is 5.97 Å². The standard InChI is InChI=1S/C8H8BrNO2/c1-5-2-7(9)10-4-6(5)3-8(11)12/h2,4H,3H2,1H3,(H,11,12). The van der Waals surface area contributed by atoms with Crippen LogP contribution in [0.1, 0.15) is 11.1 Å². The fourth-order valence-electron chi connectivity index (χ4n) is 0.898. The molecule has 3 nitrogen and oxygen atoms in total. The predicted octanol–water partition coefficient (Wildman–Crippen LogP) is 1.78. The van der Waals surface area contributed by atoms with Gasteiger partial charge in [0.2, 0.25) is 0 Å². The van der Waals surface area contributed by atoms with E-state index in [9.17, 15) is 4.79 Å². The van der Waals surface area contributed by atoms with E-state index in [-0.39, 0.29) is 6.42 Å². The summed E-state index contributed by atoms with van der Waals surface area (Å²) in [4.78, 5) is 14.3. The molecule has 0 unspecified atom stereocenters. The third-order valence-corrected chi connectivity index (χ3v) is 1.96.